The third-order valence-electron chi connectivity index (χ3n) is 3.14. The molecule has 0 amide bonds. The normalized spacial score (nSPS) is 10.9. The zero-order chi connectivity index (χ0) is 13.1. The second kappa shape index (κ2) is 5.63. The van der Waals surface area contributed by atoms with Crippen molar-refractivity contribution < 1.29 is 4.39 Å². The molecule has 0 saturated heterocycles. The quantitative estimate of drug-likeness (QED) is 0.875. The molecule has 2 rings (SSSR count). The first kappa shape index (κ1) is 13.2. The van der Waals surface area contributed by atoms with Crippen LogP contribution >= 0.6 is 11.3 Å². The maximum absolute atomic E-state index is 13.0. The highest BCUT2D eigenvalue weighted by atomic mass is 32.1. The Morgan fingerprint density at radius 2 is 1.83 bits per heavy atom. The highest BCUT2D eigenvalue weighted by Crippen LogP contribution is 2.20. The average Bonchev–Trinajstić information content (AvgIpc) is 2.61. The zero-order valence-electron chi connectivity index (χ0n) is 11.0. The molecular formula is C15H18FNS. The van der Waals surface area contributed by atoms with Crippen molar-refractivity contribution >= 4 is 11.3 Å². The lowest BCUT2D eigenvalue weighted by molar-refractivity contribution is 0.623. The first-order valence-electron chi connectivity index (χ1n) is 6.08. The van der Waals surface area contributed by atoms with E-state index in [4.69, 9.17) is 0 Å². The topological polar surface area (TPSA) is 12.0 Å². The first-order chi connectivity index (χ1) is 8.56. The molecule has 1 N–H and O–H groups in total. The minimum absolute atomic E-state index is 0.166. The van der Waals surface area contributed by atoms with Crippen molar-refractivity contribution in [1.29, 1.82) is 0 Å². The molecule has 0 saturated carbocycles. The van der Waals surface area contributed by atoms with Gasteiger partial charge in [0.05, 0.1) is 0 Å². The van der Waals surface area contributed by atoms with Crippen LogP contribution in [0.15, 0.2) is 24.3 Å². The summed E-state index contributed by atoms with van der Waals surface area (Å²) < 4.78 is 13.0. The predicted molar refractivity (Wildman–Crippen MR) is 75.5 cm³/mol. The van der Waals surface area contributed by atoms with Crippen molar-refractivity contribution in [2.75, 3.05) is 0 Å². The lowest BCUT2D eigenvalue weighted by Gasteiger charge is -2.07. The molecular weight excluding hydrogens is 245 g/mol. The monoisotopic (exact) mass is 263 g/mol. The molecule has 0 unspecified atom stereocenters. The van der Waals surface area contributed by atoms with E-state index < -0.39 is 0 Å². The molecule has 1 aromatic heterocycles. The van der Waals surface area contributed by atoms with Crippen LogP contribution in [-0.4, -0.2) is 0 Å². The summed E-state index contributed by atoms with van der Waals surface area (Å²) in [4.78, 5) is 2.73. The van der Waals surface area contributed by atoms with E-state index in [2.05, 4.69) is 25.2 Å². The van der Waals surface area contributed by atoms with Gasteiger partial charge < -0.3 is 5.32 Å². The average molecular weight is 263 g/mol. The summed E-state index contributed by atoms with van der Waals surface area (Å²) >= 11 is 1.83. The number of hydrogen-bond donors (Lipinski definition) is 1. The number of aryl methyl sites for hydroxylation is 3. The minimum atomic E-state index is -0.166. The fourth-order valence-corrected chi connectivity index (χ4v) is 2.94. The molecule has 96 valence electrons. The van der Waals surface area contributed by atoms with Gasteiger partial charge in [0.15, 0.2) is 0 Å². The van der Waals surface area contributed by atoms with E-state index in [9.17, 15) is 4.39 Å². The van der Waals surface area contributed by atoms with Gasteiger partial charge >= 0.3 is 0 Å². The van der Waals surface area contributed by atoms with Crippen LogP contribution in [0.2, 0.25) is 0 Å². The summed E-state index contributed by atoms with van der Waals surface area (Å²) in [7, 11) is 0. The van der Waals surface area contributed by atoms with Crippen molar-refractivity contribution in [3.8, 4) is 0 Å². The van der Waals surface area contributed by atoms with Crippen molar-refractivity contribution in [2.24, 2.45) is 0 Å². The summed E-state index contributed by atoms with van der Waals surface area (Å²) in [6.07, 6.45) is 0. The van der Waals surface area contributed by atoms with Gasteiger partial charge in [-0.15, -0.1) is 11.3 Å². The largest absolute Gasteiger partial charge is 0.308 e. The summed E-state index contributed by atoms with van der Waals surface area (Å²) in [5, 5.41) is 3.41. The second-order valence-corrected chi connectivity index (χ2v) is 5.97. The van der Waals surface area contributed by atoms with Crippen LogP contribution in [0.25, 0.3) is 0 Å². The van der Waals surface area contributed by atoms with Gasteiger partial charge in [-0.05, 0) is 55.7 Å². The maximum Gasteiger partial charge on any atom is 0.123 e. The molecule has 0 aliphatic carbocycles. The van der Waals surface area contributed by atoms with Gasteiger partial charge in [-0.2, -0.15) is 0 Å². The van der Waals surface area contributed by atoms with Gasteiger partial charge in [-0.3, -0.25) is 0 Å². The van der Waals surface area contributed by atoms with Gasteiger partial charge in [-0.1, -0.05) is 6.07 Å². The van der Waals surface area contributed by atoms with Crippen LogP contribution in [0, 0.1) is 26.6 Å². The molecule has 0 atom stereocenters. The fraction of sp³-hybridized carbons (Fsp3) is 0.333. The molecule has 0 fully saturated rings. The third-order valence-corrected chi connectivity index (χ3v) is 4.29. The Morgan fingerprint density at radius 1 is 1.06 bits per heavy atom. The number of thiophene rings is 1. The number of rotatable bonds is 4. The molecule has 1 heterocycles. The van der Waals surface area contributed by atoms with E-state index in [1.54, 1.807) is 6.07 Å². The van der Waals surface area contributed by atoms with E-state index in [1.807, 2.05) is 24.3 Å². The summed E-state index contributed by atoms with van der Waals surface area (Å²) in [6, 6.07) is 7.17. The van der Waals surface area contributed by atoms with E-state index in [1.165, 1.54) is 21.4 Å². The van der Waals surface area contributed by atoms with Gasteiger partial charge in [0, 0.05) is 22.8 Å². The van der Waals surface area contributed by atoms with Crippen LogP contribution in [0.3, 0.4) is 0 Å². The van der Waals surface area contributed by atoms with Gasteiger partial charge in [-0.25, -0.2) is 4.39 Å². The molecule has 1 nitrogen and oxygen atoms in total. The Labute approximate surface area is 112 Å². The van der Waals surface area contributed by atoms with Crippen LogP contribution < -0.4 is 5.32 Å². The first-order valence-corrected chi connectivity index (χ1v) is 6.89. The Bertz CT molecular complexity index is 526. The van der Waals surface area contributed by atoms with Crippen LogP contribution in [0.4, 0.5) is 4.39 Å². The van der Waals surface area contributed by atoms with Crippen molar-refractivity contribution in [2.45, 2.75) is 33.9 Å². The van der Waals surface area contributed by atoms with Gasteiger partial charge in [0.1, 0.15) is 5.82 Å². The molecule has 0 aliphatic rings. The zero-order valence-corrected chi connectivity index (χ0v) is 11.8. The van der Waals surface area contributed by atoms with Crippen molar-refractivity contribution in [3.05, 3.63) is 56.5 Å². The van der Waals surface area contributed by atoms with Crippen LogP contribution in [0.1, 0.15) is 26.4 Å². The number of hydrogen-bond acceptors (Lipinski definition) is 2. The highest BCUT2D eigenvalue weighted by molar-refractivity contribution is 7.12. The fourth-order valence-electron chi connectivity index (χ4n) is 1.91. The summed E-state index contributed by atoms with van der Waals surface area (Å²) in [5.41, 5.74) is 3.51. The summed E-state index contributed by atoms with van der Waals surface area (Å²) in [6.45, 7) is 7.88. The Hall–Kier alpha value is -1.19. The third kappa shape index (κ3) is 3.18. The minimum Gasteiger partial charge on any atom is -0.308 e. The molecule has 0 aliphatic heterocycles. The Morgan fingerprint density at radius 3 is 2.44 bits per heavy atom. The van der Waals surface area contributed by atoms with E-state index >= 15 is 0 Å². The van der Waals surface area contributed by atoms with Crippen LogP contribution in [-0.2, 0) is 13.1 Å². The SMILES string of the molecule is Cc1cc(F)ccc1CNCc1cc(C)c(C)s1. The van der Waals surface area contributed by atoms with E-state index in [0.717, 1.165) is 24.2 Å². The summed E-state index contributed by atoms with van der Waals surface area (Å²) in [5.74, 6) is -0.166. The second-order valence-electron chi connectivity index (χ2n) is 4.63. The van der Waals surface area contributed by atoms with E-state index in [0.29, 0.717) is 0 Å². The predicted octanol–water partition coefficient (Wildman–Crippen LogP) is 4.10. The number of benzene rings is 1. The van der Waals surface area contributed by atoms with Crippen molar-refractivity contribution in [1.82, 2.24) is 5.32 Å². The number of halogens is 1. The van der Waals surface area contributed by atoms with Gasteiger partial charge in [0.2, 0.25) is 0 Å². The van der Waals surface area contributed by atoms with Crippen LogP contribution in [0.5, 0.6) is 0 Å². The molecule has 2 aromatic rings. The Balaban J connectivity index is 1.92. The molecule has 0 radical (unpaired) electrons. The molecule has 0 bridgehead atoms. The molecule has 3 heteroatoms. The van der Waals surface area contributed by atoms with Crippen molar-refractivity contribution in [3.63, 3.8) is 0 Å². The Kier molecular flexibility index (Phi) is 4.15. The molecule has 18 heavy (non-hydrogen) atoms. The molecule has 0 spiro atoms. The number of nitrogens with one attached hydrogen (secondary N) is 1. The lowest BCUT2D eigenvalue weighted by atomic mass is 10.1. The molecule has 1 aromatic carbocycles. The van der Waals surface area contributed by atoms with E-state index in [-0.39, 0.29) is 5.82 Å². The smallest absolute Gasteiger partial charge is 0.123 e. The highest BCUT2D eigenvalue weighted by Gasteiger charge is 2.03. The lowest BCUT2D eigenvalue weighted by Crippen LogP contribution is -2.12. The maximum atomic E-state index is 13.0. The standard InChI is InChI=1S/C15H18FNS/c1-10-7-15(18-12(10)3)9-17-8-13-4-5-14(16)6-11(13)2/h4-7,17H,8-9H2,1-3H3. The van der Waals surface area contributed by atoms with Gasteiger partial charge in [0.25, 0.3) is 0 Å².